The van der Waals surface area contributed by atoms with Gasteiger partial charge in [-0.2, -0.15) is 5.26 Å². The van der Waals surface area contributed by atoms with Crippen molar-refractivity contribution < 1.29 is 9.32 Å². The molecule has 1 unspecified atom stereocenters. The van der Waals surface area contributed by atoms with Crippen LogP contribution in [0.2, 0.25) is 0 Å². The highest BCUT2D eigenvalue weighted by Gasteiger charge is 2.37. The van der Waals surface area contributed by atoms with Gasteiger partial charge in [-0.3, -0.25) is 4.79 Å². The third-order valence-electron chi connectivity index (χ3n) is 6.09. The van der Waals surface area contributed by atoms with E-state index >= 15 is 0 Å². The molecule has 2 aromatic heterocycles. The van der Waals surface area contributed by atoms with E-state index in [0.717, 1.165) is 43.9 Å². The molecule has 1 N–H and O–H groups in total. The lowest BCUT2D eigenvalue weighted by molar-refractivity contribution is -0.924. The Hall–Kier alpha value is -3.10. The van der Waals surface area contributed by atoms with E-state index < -0.39 is 0 Å². The maximum Gasteiger partial charge on any atom is 0.261 e. The molecule has 5 nitrogen and oxygen atoms in total. The molecule has 5 rings (SSSR count). The molecular formula is C23H22N3O2+. The van der Waals surface area contributed by atoms with E-state index in [2.05, 4.69) is 18.2 Å². The third-order valence-corrected chi connectivity index (χ3v) is 6.09. The lowest BCUT2D eigenvalue weighted by Crippen LogP contribution is -3.13. The smallest absolute Gasteiger partial charge is 0.261 e. The monoisotopic (exact) mass is 372 g/mol. The number of hydrogen-bond donors (Lipinski definition) is 1. The minimum Gasteiger partial charge on any atom is -0.464 e. The van der Waals surface area contributed by atoms with Gasteiger partial charge in [0, 0.05) is 29.6 Å². The normalized spacial score (nSPS) is 23.0. The third kappa shape index (κ3) is 2.96. The van der Waals surface area contributed by atoms with Crippen molar-refractivity contribution in [2.75, 3.05) is 13.1 Å². The van der Waals surface area contributed by atoms with Gasteiger partial charge in [-0.15, -0.1) is 0 Å². The molecule has 0 saturated carbocycles. The summed E-state index contributed by atoms with van der Waals surface area (Å²) in [6.07, 6.45) is 2.76. The summed E-state index contributed by atoms with van der Waals surface area (Å²) < 4.78 is 7.42. The second kappa shape index (κ2) is 6.81. The van der Waals surface area contributed by atoms with Crippen LogP contribution in [-0.4, -0.2) is 17.7 Å². The van der Waals surface area contributed by atoms with E-state index in [0.29, 0.717) is 23.2 Å². The van der Waals surface area contributed by atoms with Crippen molar-refractivity contribution >= 4 is 0 Å². The van der Waals surface area contributed by atoms with Crippen LogP contribution < -0.4 is 10.5 Å². The summed E-state index contributed by atoms with van der Waals surface area (Å²) in [6, 6.07) is 17.8. The van der Waals surface area contributed by atoms with Gasteiger partial charge in [-0.1, -0.05) is 12.1 Å². The van der Waals surface area contributed by atoms with Crippen LogP contribution in [0.4, 0.5) is 0 Å². The molecule has 0 spiro atoms. The van der Waals surface area contributed by atoms with E-state index in [4.69, 9.17) is 9.68 Å². The minimum atomic E-state index is 0.0623. The van der Waals surface area contributed by atoms with Gasteiger partial charge in [0.15, 0.2) is 0 Å². The Bertz CT molecular complexity index is 1110. The molecule has 140 valence electrons. The maximum absolute atomic E-state index is 13.1. The van der Waals surface area contributed by atoms with Crippen molar-refractivity contribution in [3.63, 3.8) is 0 Å². The molecule has 3 atom stereocenters. The predicted octanol–water partition coefficient (Wildman–Crippen LogP) is 2.18. The number of nitrogens with one attached hydrogen (secondary N) is 1. The zero-order valence-electron chi connectivity index (χ0n) is 15.6. The zero-order chi connectivity index (χ0) is 19.1. The fraction of sp³-hybridized carbons (Fsp3) is 0.304. The number of aromatic nitrogens is 1. The van der Waals surface area contributed by atoms with E-state index in [-0.39, 0.29) is 5.56 Å². The second-order valence-corrected chi connectivity index (χ2v) is 8.01. The number of pyridine rings is 1. The van der Waals surface area contributed by atoms with Gasteiger partial charge in [0.25, 0.3) is 5.56 Å². The van der Waals surface area contributed by atoms with E-state index in [1.807, 2.05) is 41.0 Å². The fourth-order valence-electron chi connectivity index (χ4n) is 4.97. The Morgan fingerprint density at radius 1 is 1.18 bits per heavy atom. The summed E-state index contributed by atoms with van der Waals surface area (Å²) in [4.78, 5) is 14.6. The van der Waals surface area contributed by atoms with Crippen LogP contribution in [0.3, 0.4) is 0 Å². The number of rotatable bonds is 3. The van der Waals surface area contributed by atoms with Crippen LogP contribution in [0, 0.1) is 17.2 Å². The number of nitrogens with zero attached hydrogens (tertiary/aromatic N) is 2. The van der Waals surface area contributed by atoms with Crippen LogP contribution in [0.1, 0.15) is 29.2 Å². The highest BCUT2D eigenvalue weighted by Crippen LogP contribution is 2.31. The number of quaternary nitrogens is 1. The molecule has 4 heterocycles. The van der Waals surface area contributed by atoms with Crippen LogP contribution in [0.25, 0.3) is 11.3 Å². The van der Waals surface area contributed by atoms with Gasteiger partial charge < -0.3 is 13.9 Å². The standard InChI is InChI=1S/C23H21N3O2/c24-11-16-3-1-4-17(9-16)12-25-13-18-10-19(15-25)21-7-6-20(22-5-2-8-28-22)23(27)26(21)14-18/h1-9,18-19H,10,12-15H2/p+1/t18-,19+/m0/s1. The molecule has 0 aliphatic carbocycles. The van der Waals surface area contributed by atoms with Gasteiger partial charge in [-0.05, 0) is 42.8 Å². The van der Waals surface area contributed by atoms with Crippen molar-refractivity contribution in [3.8, 4) is 17.4 Å². The van der Waals surface area contributed by atoms with Crippen LogP contribution in [0.15, 0.2) is 64.0 Å². The number of nitriles is 1. The second-order valence-electron chi connectivity index (χ2n) is 8.01. The SMILES string of the molecule is N#Cc1cccc(C[NH+]2C[C@@H]3C[C@H](C2)c2ccc(-c4ccco4)c(=O)n2C3)c1. The minimum absolute atomic E-state index is 0.0623. The average Bonchev–Trinajstić information content (AvgIpc) is 3.23. The number of piperidine rings is 1. The van der Waals surface area contributed by atoms with E-state index in [1.54, 1.807) is 6.26 Å². The molecule has 2 aliphatic rings. The fourth-order valence-corrected chi connectivity index (χ4v) is 4.97. The van der Waals surface area contributed by atoms with Crippen molar-refractivity contribution in [3.05, 3.63) is 82.0 Å². The summed E-state index contributed by atoms with van der Waals surface area (Å²) in [5, 5.41) is 9.13. The molecule has 0 amide bonds. The van der Waals surface area contributed by atoms with Crippen LogP contribution in [-0.2, 0) is 13.1 Å². The number of furan rings is 1. The molecule has 3 aromatic rings. The number of likely N-dealkylation sites (tertiary alicyclic amines) is 1. The van der Waals surface area contributed by atoms with Crippen molar-refractivity contribution in [1.29, 1.82) is 5.26 Å². The molecule has 28 heavy (non-hydrogen) atoms. The van der Waals surface area contributed by atoms with Gasteiger partial charge in [0.1, 0.15) is 12.3 Å². The first kappa shape index (κ1) is 17.0. The molecule has 0 radical (unpaired) electrons. The summed E-state index contributed by atoms with van der Waals surface area (Å²) >= 11 is 0. The van der Waals surface area contributed by atoms with Gasteiger partial charge in [-0.25, -0.2) is 0 Å². The number of fused-ring (bicyclic) bond motifs is 4. The largest absolute Gasteiger partial charge is 0.464 e. The van der Waals surface area contributed by atoms with Crippen molar-refractivity contribution in [2.24, 2.45) is 5.92 Å². The van der Waals surface area contributed by atoms with Crippen LogP contribution in [0.5, 0.6) is 0 Å². The Labute approximate surface area is 163 Å². The van der Waals surface area contributed by atoms with Crippen molar-refractivity contribution in [2.45, 2.75) is 25.4 Å². The Morgan fingerprint density at radius 3 is 2.93 bits per heavy atom. The topological polar surface area (TPSA) is 63.4 Å². The molecule has 2 aliphatic heterocycles. The van der Waals surface area contributed by atoms with Gasteiger partial charge in [0.2, 0.25) is 0 Å². The Kier molecular flexibility index (Phi) is 4.14. The summed E-state index contributed by atoms with van der Waals surface area (Å²) in [6.45, 7) is 3.79. The average molecular weight is 372 g/mol. The van der Waals surface area contributed by atoms with E-state index in [1.165, 1.54) is 10.5 Å². The lowest BCUT2D eigenvalue weighted by atomic mass is 9.82. The molecule has 1 aromatic carbocycles. The zero-order valence-corrected chi connectivity index (χ0v) is 15.6. The molecule has 2 bridgehead atoms. The highest BCUT2D eigenvalue weighted by molar-refractivity contribution is 5.56. The van der Waals surface area contributed by atoms with Gasteiger partial charge >= 0.3 is 0 Å². The number of hydrogen-bond acceptors (Lipinski definition) is 3. The first-order chi connectivity index (χ1) is 13.7. The Morgan fingerprint density at radius 2 is 2.11 bits per heavy atom. The molecule has 1 fully saturated rings. The molecular weight excluding hydrogens is 350 g/mol. The summed E-state index contributed by atoms with van der Waals surface area (Å²) in [5.74, 6) is 1.55. The van der Waals surface area contributed by atoms with E-state index in [9.17, 15) is 4.79 Å². The van der Waals surface area contributed by atoms with Crippen molar-refractivity contribution in [1.82, 2.24) is 4.57 Å². The van der Waals surface area contributed by atoms with Gasteiger partial charge in [0.05, 0.1) is 36.5 Å². The maximum atomic E-state index is 13.1. The quantitative estimate of drug-likeness (QED) is 0.767. The number of benzene rings is 1. The molecule has 5 heteroatoms. The first-order valence-electron chi connectivity index (χ1n) is 9.81. The first-order valence-corrected chi connectivity index (χ1v) is 9.81. The molecule has 1 saturated heterocycles. The highest BCUT2D eigenvalue weighted by atomic mass is 16.3. The predicted molar refractivity (Wildman–Crippen MR) is 105 cm³/mol. The summed E-state index contributed by atoms with van der Waals surface area (Å²) in [5.41, 5.74) is 3.79. The van der Waals surface area contributed by atoms with Crippen LogP contribution >= 0.6 is 0 Å². The Balaban J connectivity index is 1.42. The lowest BCUT2D eigenvalue weighted by Gasteiger charge is -2.40. The summed E-state index contributed by atoms with van der Waals surface area (Å²) in [7, 11) is 0.